The number of carbonyl (C=O) groups is 1. The molecule has 2 aromatic carbocycles. The molecule has 2 aromatic rings. The van der Waals surface area contributed by atoms with E-state index in [0.29, 0.717) is 24.7 Å². The second-order valence-electron chi connectivity index (χ2n) is 6.39. The van der Waals surface area contributed by atoms with Gasteiger partial charge < -0.3 is 9.47 Å². The first-order valence-corrected chi connectivity index (χ1v) is 9.32. The van der Waals surface area contributed by atoms with Crippen LogP contribution in [0.15, 0.2) is 53.6 Å². The second kappa shape index (κ2) is 10.4. The summed E-state index contributed by atoms with van der Waals surface area (Å²) in [6, 6.07) is 14.8. The standard InChI is InChI=1S/C22H28N2O3/c1-5-16(3)17(4)23-24-22(25)19-9-7-18(8-10-19)15-27-21-13-11-20(12-14-21)26-6-2/h7-14,16H,5-6,15H2,1-4H3,(H,24,25)/b23-17-/t16-/m0/s1. The van der Waals surface area contributed by atoms with Crippen LogP contribution in [0.2, 0.25) is 0 Å². The van der Waals surface area contributed by atoms with Crippen LogP contribution in [0.1, 0.15) is 50.0 Å². The Labute approximate surface area is 161 Å². The van der Waals surface area contributed by atoms with Crippen molar-refractivity contribution in [2.24, 2.45) is 11.0 Å². The van der Waals surface area contributed by atoms with E-state index in [4.69, 9.17) is 9.47 Å². The van der Waals surface area contributed by atoms with Gasteiger partial charge in [-0.15, -0.1) is 0 Å². The fraction of sp³-hybridized carbons (Fsp3) is 0.364. The highest BCUT2D eigenvalue weighted by atomic mass is 16.5. The van der Waals surface area contributed by atoms with Gasteiger partial charge in [-0.25, -0.2) is 5.43 Å². The van der Waals surface area contributed by atoms with Gasteiger partial charge in [0.15, 0.2) is 0 Å². The van der Waals surface area contributed by atoms with E-state index in [-0.39, 0.29) is 5.91 Å². The van der Waals surface area contributed by atoms with E-state index in [9.17, 15) is 4.79 Å². The third-order valence-corrected chi connectivity index (χ3v) is 4.42. The lowest BCUT2D eigenvalue weighted by Crippen LogP contribution is -2.21. The van der Waals surface area contributed by atoms with E-state index < -0.39 is 0 Å². The Morgan fingerprint density at radius 3 is 2.15 bits per heavy atom. The van der Waals surface area contributed by atoms with E-state index in [1.54, 1.807) is 12.1 Å². The number of benzene rings is 2. The van der Waals surface area contributed by atoms with Crippen molar-refractivity contribution in [2.45, 2.75) is 40.7 Å². The fourth-order valence-electron chi connectivity index (χ4n) is 2.33. The zero-order valence-corrected chi connectivity index (χ0v) is 16.5. The van der Waals surface area contributed by atoms with E-state index in [1.165, 1.54) is 0 Å². The Morgan fingerprint density at radius 1 is 1.00 bits per heavy atom. The van der Waals surface area contributed by atoms with Gasteiger partial charge >= 0.3 is 0 Å². The largest absolute Gasteiger partial charge is 0.494 e. The molecule has 1 amide bonds. The lowest BCUT2D eigenvalue weighted by atomic mass is 10.1. The molecule has 5 heteroatoms. The molecule has 0 aromatic heterocycles. The van der Waals surface area contributed by atoms with Crippen LogP contribution in [0.25, 0.3) is 0 Å². The monoisotopic (exact) mass is 368 g/mol. The van der Waals surface area contributed by atoms with Gasteiger partial charge in [0.2, 0.25) is 0 Å². The van der Waals surface area contributed by atoms with Crippen LogP contribution in [0, 0.1) is 5.92 Å². The van der Waals surface area contributed by atoms with Crippen LogP contribution < -0.4 is 14.9 Å². The first kappa shape index (κ1) is 20.5. The molecule has 0 aliphatic rings. The Hall–Kier alpha value is -2.82. The quantitative estimate of drug-likeness (QED) is 0.510. The molecule has 0 saturated heterocycles. The van der Waals surface area contributed by atoms with Gasteiger partial charge in [0, 0.05) is 11.3 Å². The molecule has 0 saturated carbocycles. The Morgan fingerprint density at radius 2 is 1.59 bits per heavy atom. The van der Waals surface area contributed by atoms with Crippen LogP contribution in [-0.2, 0) is 6.61 Å². The molecule has 144 valence electrons. The summed E-state index contributed by atoms with van der Waals surface area (Å²) in [5.41, 5.74) is 5.09. The number of rotatable bonds is 9. The second-order valence-corrected chi connectivity index (χ2v) is 6.39. The summed E-state index contributed by atoms with van der Waals surface area (Å²) in [6.07, 6.45) is 0.994. The average molecular weight is 368 g/mol. The lowest BCUT2D eigenvalue weighted by Gasteiger charge is -2.09. The van der Waals surface area contributed by atoms with Gasteiger partial charge in [0.25, 0.3) is 5.91 Å². The van der Waals surface area contributed by atoms with Crippen LogP contribution in [0.4, 0.5) is 0 Å². The average Bonchev–Trinajstić information content (AvgIpc) is 2.71. The number of ether oxygens (including phenoxy) is 2. The minimum absolute atomic E-state index is 0.211. The number of hydrogen-bond donors (Lipinski definition) is 1. The summed E-state index contributed by atoms with van der Waals surface area (Å²) >= 11 is 0. The first-order chi connectivity index (χ1) is 13.0. The van der Waals surface area contributed by atoms with Crippen LogP contribution in [-0.4, -0.2) is 18.2 Å². The van der Waals surface area contributed by atoms with Gasteiger partial charge in [0.05, 0.1) is 6.61 Å². The molecule has 0 bridgehead atoms. The molecule has 0 aliphatic heterocycles. The summed E-state index contributed by atoms with van der Waals surface area (Å²) in [7, 11) is 0. The molecule has 1 atom stereocenters. The predicted molar refractivity (Wildman–Crippen MR) is 108 cm³/mol. The molecule has 27 heavy (non-hydrogen) atoms. The molecule has 0 fully saturated rings. The number of nitrogens with zero attached hydrogens (tertiary/aromatic N) is 1. The van der Waals surface area contributed by atoms with Crippen LogP contribution >= 0.6 is 0 Å². The highest BCUT2D eigenvalue weighted by Gasteiger charge is 2.07. The molecule has 2 rings (SSSR count). The highest BCUT2D eigenvalue weighted by Crippen LogP contribution is 2.18. The zero-order chi connectivity index (χ0) is 19.6. The topological polar surface area (TPSA) is 59.9 Å². The number of hydrazone groups is 1. The maximum atomic E-state index is 12.2. The van der Waals surface area contributed by atoms with Crippen LogP contribution in [0.3, 0.4) is 0 Å². The van der Waals surface area contributed by atoms with Crippen molar-refractivity contribution in [3.8, 4) is 11.5 Å². The van der Waals surface area contributed by atoms with E-state index in [1.807, 2.05) is 50.2 Å². The highest BCUT2D eigenvalue weighted by molar-refractivity contribution is 5.95. The van der Waals surface area contributed by atoms with Gasteiger partial charge in [-0.2, -0.15) is 5.10 Å². The van der Waals surface area contributed by atoms with Gasteiger partial charge in [-0.1, -0.05) is 26.0 Å². The third kappa shape index (κ3) is 6.44. The maximum absolute atomic E-state index is 12.2. The summed E-state index contributed by atoms with van der Waals surface area (Å²) in [4.78, 5) is 12.2. The molecule has 0 aliphatic carbocycles. The molecule has 0 radical (unpaired) electrons. The van der Waals surface area contributed by atoms with Crippen molar-refractivity contribution in [1.82, 2.24) is 5.43 Å². The summed E-state index contributed by atoms with van der Waals surface area (Å²) in [5, 5.41) is 4.17. The molecule has 0 heterocycles. The molecule has 5 nitrogen and oxygen atoms in total. The van der Waals surface area contributed by atoms with Crippen molar-refractivity contribution < 1.29 is 14.3 Å². The summed E-state index contributed by atoms with van der Waals surface area (Å²) in [5.74, 6) is 1.74. The van der Waals surface area contributed by atoms with Gasteiger partial charge in [-0.3, -0.25) is 4.79 Å². The summed E-state index contributed by atoms with van der Waals surface area (Å²) < 4.78 is 11.2. The minimum atomic E-state index is -0.211. The molecule has 0 spiro atoms. The van der Waals surface area contributed by atoms with E-state index >= 15 is 0 Å². The number of carbonyl (C=O) groups excluding carboxylic acids is 1. The van der Waals surface area contributed by atoms with Crippen molar-refractivity contribution in [3.63, 3.8) is 0 Å². The maximum Gasteiger partial charge on any atom is 0.271 e. The SMILES string of the molecule is CCOc1ccc(OCc2ccc(C(=O)N/N=C(/C)[C@@H](C)CC)cc2)cc1. The predicted octanol–water partition coefficient (Wildman–Crippen LogP) is 4.82. The van der Waals surface area contributed by atoms with E-state index in [0.717, 1.165) is 29.2 Å². The molecule has 1 N–H and O–H groups in total. The van der Waals surface area contributed by atoms with Crippen molar-refractivity contribution >= 4 is 11.6 Å². The van der Waals surface area contributed by atoms with Crippen LogP contribution in [0.5, 0.6) is 11.5 Å². The number of hydrogen-bond acceptors (Lipinski definition) is 4. The Balaban J connectivity index is 1.88. The minimum Gasteiger partial charge on any atom is -0.494 e. The van der Waals surface area contributed by atoms with Crippen molar-refractivity contribution in [1.29, 1.82) is 0 Å². The Kier molecular flexibility index (Phi) is 7.86. The molecule has 0 unspecified atom stereocenters. The Bertz CT molecular complexity index is 752. The van der Waals surface area contributed by atoms with Gasteiger partial charge in [0.1, 0.15) is 18.1 Å². The number of amides is 1. The molecular weight excluding hydrogens is 340 g/mol. The first-order valence-electron chi connectivity index (χ1n) is 9.32. The zero-order valence-electron chi connectivity index (χ0n) is 16.5. The normalized spacial score (nSPS) is 12.4. The number of nitrogens with one attached hydrogen (secondary N) is 1. The van der Waals surface area contributed by atoms with Crippen molar-refractivity contribution in [3.05, 3.63) is 59.7 Å². The smallest absolute Gasteiger partial charge is 0.271 e. The third-order valence-electron chi connectivity index (χ3n) is 4.42. The fourth-order valence-corrected chi connectivity index (χ4v) is 2.33. The lowest BCUT2D eigenvalue weighted by molar-refractivity contribution is 0.0954. The summed E-state index contributed by atoms with van der Waals surface area (Å²) in [6.45, 7) is 9.14. The molecular formula is C22H28N2O3. The van der Waals surface area contributed by atoms with E-state index in [2.05, 4.69) is 24.4 Å². The van der Waals surface area contributed by atoms with Gasteiger partial charge in [-0.05, 0) is 68.1 Å². The van der Waals surface area contributed by atoms with Crippen molar-refractivity contribution in [2.75, 3.05) is 6.61 Å².